The summed E-state index contributed by atoms with van der Waals surface area (Å²) >= 11 is 0. The first-order chi connectivity index (χ1) is 31.5. The first-order valence-electron chi connectivity index (χ1n) is 28.9. The lowest BCUT2D eigenvalue weighted by atomic mass is 10.0. The van der Waals surface area contributed by atoms with Crippen molar-refractivity contribution >= 4 is 13.7 Å². The summed E-state index contributed by atoms with van der Waals surface area (Å²) < 4.78 is 23.7. The van der Waals surface area contributed by atoms with E-state index in [1.165, 1.54) is 238 Å². The van der Waals surface area contributed by atoms with E-state index in [0.29, 0.717) is 23.9 Å². The van der Waals surface area contributed by atoms with E-state index in [2.05, 4.69) is 19.2 Å². The normalized spacial score (nSPS) is 13.9. The number of phosphoric acid groups is 1. The molecule has 0 heterocycles. The zero-order valence-electron chi connectivity index (χ0n) is 44.5. The van der Waals surface area contributed by atoms with Crippen LogP contribution >= 0.6 is 7.82 Å². The number of carbonyl (C=O) groups excluding carboxylic acids is 1. The molecule has 3 atom stereocenters. The minimum Gasteiger partial charge on any atom is -0.391 e. The number of rotatable bonds is 54. The van der Waals surface area contributed by atoms with E-state index in [1.807, 2.05) is 21.1 Å². The molecule has 0 aliphatic heterocycles. The van der Waals surface area contributed by atoms with E-state index in [0.717, 1.165) is 38.5 Å². The van der Waals surface area contributed by atoms with Gasteiger partial charge in [0.1, 0.15) is 13.2 Å². The van der Waals surface area contributed by atoms with Gasteiger partial charge in [0.15, 0.2) is 0 Å². The minimum atomic E-state index is -4.31. The van der Waals surface area contributed by atoms with Crippen molar-refractivity contribution in [3.63, 3.8) is 0 Å². The van der Waals surface area contributed by atoms with Gasteiger partial charge < -0.3 is 19.8 Å². The number of aliphatic hydroxyl groups is 1. The van der Waals surface area contributed by atoms with Crippen molar-refractivity contribution < 1.29 is 32.9 Å². The largest absolute Gasteiger partial charge is 0.472 e. The second kappa shape index (κ2) is 48.5. The topological polar surface area (TPSA) is 105 Å². The Kier molecular flexibility index (Phi) is 48.1. The quantitative estimate of drug-likeness (QED) is 0.0319. The molecule has 390 valence electrons. The molecule has 0 aliphatic rings. The summed E-state index contributed by atoms with van der Waals surface area (Å²) in [4.78, 5) is 23.2. The third-order valence-corrected chi connectivity index (χ3v) is 14.6. The van der Waals surface area contributed by atoms with Gasteiger partial charge in [-0.3, -0.25) is 13.8 Å². The number of quaternary nitrogens is 1. The summed E-state index contributed by atoms with van der Waals surface area (Å²) in [7, 11) is 1.63. The second-order valence-corrected chi connectivity index (χ2v) is 22.8. The molecule has 65 heavy (non-hydrogen) atoms. The average molecular weight is 945 g/mol. The third-order valence-electron chi connectivity index (χ3n) is 13.6. The summed E-state index contributed by atoms with van der Waals surface area (Å²) in [6.07, 6.45) is 57.5. The molecule has 0 aromatic carbocycles. The number of hydrogen-bond acceptors (Lipinski definition) is 5. The summed E-state index contributed by atoms with van der Waals surface area (Å²) in [6.45, 7) is 4.92. The van der Waals surface area contributed by atoms with Gasteiger partial charge >= 0.3 is 7.82 Å². The molecule has 1 amide bonds. The molecule has 8 nitrogen and oxygen atoms in total. The monoisotopic (exact) mass is 944 g/mol. The smallest absolute Gasteiger partial charge is 0.391 e. The molecule has 0 aliphatic carbocycles. The van der Waals surface area contributed by atoms with Gasteiger partial charge in [-0.15, -0.1) is 0 Å². The number of unbranched alkanes of at least 4 members (excludes halogenated alkanes) is 41. The standard InChI is InChI=1S/C56H115N2O6P/c1-6-8-10-12-14-16-18-19-20-21-22-23-24-25-26-27-28-29-30-31-32-33-34-35-36-37-38-40-41-43-45-47-49-55(59)54(53-64-65(61,62)63-52-51-58(3,4)5)57-56(60)50-48-46-44-42-39-17-15-13-11-9-7-2/h54-55,59H,6-53H2,1-5H3,(H-,57,60,61,62)/p+1. The van der Waals surface area contributed by atoms with Crippen molar-refractivity contribution in [1.82, 2.24) is 5.32 Å². The molecule has 0 rings (SSSR count). The Bertz CT molecular complexity index is 1030. The first-order valence-corrected chi connectivity index (χ1v) is 30.4. The highest BCUT2D eigenvalue weighted by Gasteiger charge is 2.28. The van der Waals surface area contributed by atoms with Crippen LogP contribution < -0.4 is 5.32 Å². The van der Waals surface area contributed by atoms with E-state index >= 15 is 0 Å². The second-order valence-electron chi connectivity index (χ2n) is 21.4. The van der Waals surface area contributed by atoms with Crippen molar-refractivity contribution in [3.8, 4) is 0 Å². The van der Waals surface area contributed by atoms with Gasteiger partial charge in [-0.25, -0.2) is 4.57 Å². The van der Waals surface area contributed by atoms with Gasteiger partial charge in [0.2, 0.25) is 5.91 Å². The van der Waals surface area contributed by atoms with Crippen molar-refractivity contribution in [3.05, 3.63) is 0 Å². The number of nitrogens with zero attached hydrogens (tertiary/aromatic N) is 1. The minimum absolute atomic E-state index is 0.0788. The molecule has 0 spiro atoms. The Hall–Kier alpha value is -0.500. The van der Waals surface area contributed by atoms with E-state index in [1.54, 1.807) is 0 Å². The molecule has 0 fully saturated rings. The number of aliphatic hydroxyl groups excluding tert-OH is 1. The molecule has 3 unspecified atom stereocenters. The predicted octanol–water partition coefficient (Wildman–Crippen LogP) is 17.3. The maximum absolute atomic E-state index is 12.9. The van der Waals surface area contributed by atoms with Crippen molar-refractivity contribution in [2.75, 3.05) is 40.9 Å². The fourth-order valence-corrected chi connectivity index (χ4v) is 9.79. The fraction of sp³-hybridized carbons (Fsp3) is 0.982. The number of nitrogens with one attached hydrogen (secondary N) is 1. The number of phosphoric ester groups is 1. The van der Waals surface area contributed by atoms with Crippen molar-refractivity contribution in [1.29, 1.82) is 0 Å². The Morgan fingerprint density at radius 3 is 1.03 bits per heavy atom. The van der Waals surface area contributed by atoms with Crippen LogP contribution in [0.1, 0.15) is 303 Å². The van der Waals surface area contributed by atoms with Crippen LogP contribution in [0.25, 0.3) is 0 Å². The molecular weight excluding hydrogens is 828 g/mol. The molecule has 0 saturated carbocycles. The molecule has 0 aromatic heterocycles. The van der Waals surface area contributed by atoms with Gasteiger partial charge in [0, 0.05) is 6.42 Å². The Labute approximate surface area is 406 Å². The Morgan fingerprint density at radius 2 is 0.738 bits per heavy atom. The number of amides is 1. The molecule has 3 N–H and O–H groups in total. The van der Waals surface area contributed by atoms with Gasteiger partial charge in [0.05, 0.1) is 39.9 Å². The van der Waals surface area contributed by atoms with E-state index < -0.39 is 20.0 Å². The van der Waals surface area contributed by atoms with E-state index in [4.69, 9.17) is 9.05 Å². The lowest BCUT2D eigenvalue weighted by Crippen LogP contribution is -2.46. The summed E-state index contributed by atoms with van der Waals surface area (Å²) in [5, 5.41) is 14.0. The predicted molar refractivity (Wildman–Crippen MR) is 282 cm³/mol. The van der Waals surface area contributed by atoms with Crippen LogP contribution in [-0.4, -0.2) is 73.4 Å². The van der Waals surface area contributed by atoms with Gasteiger partial charge in [-0.05, 0) is 12.8 Å². The number of hydrogen-bond donors (Lipinski definition) is 3. The highest BCUT2D eigenvalue weighted by Crippen LogP contribution is 2.43. The molecular formula is C56H116N2O6P+. The fourth-order valence-electron chi connectivity index (χ4n) is 9.05. The van der Waals surface area contributed by atoms with Crippen LogP contribution in [0.5, 0.6) is 0 Å². The highest BCUT2D eigenvalue weighted by molar-refractivity contribution is 7.47. The highest BCUT2D eigenvalue weighted by atomic mass is 31.2. The number of likely N-dealkylation sites (N-methyl/N-ethyl adjacent to an activating group) is 1. The number of carbonyl (C=O) groups is 1. The van der Waals surface area contributed by atoms with Crippen molar-refractivity contribution in [2.24, 2.45) is 0 Å². The molecule has 0 bridgehead atoms. The summed E-state index contributed by atoms with van der Waals surface area (Å²) in [5.74, 6) is -0.140. The van der Waals surface area contributed by atoms with Crippen molar-refractivity contribution in [2.45, 2.75) is 315 Å². The summed E-state index contributed by atoms with van der Waals surface area (Å²) in [6, 6.07) is -0.754. The Morgan fingerprint density at radius 1 is 0.462 bits per heavy atom. The lowest BCUT2D eigenvalue weighted by molar-refractivity contribution is -0.870. The van der Waals surface area contributed by atoms with Crippen LogP contribution in [0, 0.1) is 0 Å². The van der Waals surface area contributed by atoms with Gasteiger partial charge in [-0.1, -0.05) is 284 Å². The maximum atomic E-state index is 12.9. The zero-order chi connectivity index (χ0) is 47.8. The SMILES string of the molecule is CCCCCCCCCCCCCCCCCCCCCCCCCCCCCCCCCCC(O)C(COP(=O)(O)OCC[N+](C)(C)C)NC(=O)CCCCCCCCCCCCC. The van der Waals surface area contributed by atoms with Crippen LogP contribution in [0.2, 0.25) is 0 Å². The molecule has 9 heteroatoms. The molecule has 0 saturated heterocycles. The Balaban J connectivity index is 3.93. The maximum Gasteiger partial charge on any atom is 0.472 e. The summed E-state index contributed by atoms with van der Waals surface area (Å²) in [5.41, 5.74) is 0. The van der Waals surface area contributed by atoms with E-state index in [-0.39, 0.29) is 19.1 Å². The zero-order valence-corrected chi connectivity index (χ0v) is 45.4. The third kappa shape index (κ3) is 51.2. The van der Waals surface area contributed by atoms with Crippen LogP contribution in [0.3, 0.4) is 0 Å². The van der Waals surface area contributed by atoms with E-state index in [9.17, 15) is 19.4 Å². The van der Waals surface area contributed by atoms with Gasteiger partial charge in [0.25, 0.3) is 0 Å². The lowest BCUT2D eigenvalue weighted by Gasteiger charge is -2.26. The average Bonchev–Trinajstić information content (AvgIpc) is 3.26. The molecule has 0 aromatic rings. The van der Waals surface area contributed by atoms with Gasteiger partial charge in [-0.2, -0.15) is 0 Å². The van der Waals surface area contributed by atoms with Crippen LogP contribution in [0.4, 0.5) is 0 Å². The van der Waals surface area contributed by atoms with Crippen LogP contribution in [0.15, 0.2) is 0 Å². The first kappa shape index (κ1) is 64.5. The molecule has 0 radical (unpaired) electrons. The van der Waals surface area contributed by atoms with Crippen LogP contribution in [-0.2, 0) is 18.4 Å².